The molecule has 0 saturated carbocycles. The number of nitrogens with zero attached hydrogens (tertiary/aromatic N) is 2. The number of thiocarbonyl (C=S) groups is 1. The highest BCUT2D eigenvalue weighted by Gasteiger charge is 2.50. The number of hydrogen-bond acceptors (Lipinski definition) is 5. The van der Waals surface area contributed by atoms with Gasteiger partial charge in [-0.1, -0.05) is 54.3 Å². The zero-order chi connectivity index (χ0) is 21.2. The summed E-state index contributed by atoms with van der Waals surface area (Å²) in [7, 11) is -2.15. The van der Waals surface area contributed by atoms with Gasteiger partial charge in [0.1, 0.15) is 9.07 Å². The van der Waals surface area contributed by atoms with E-state index in [9.17, 15) is 13.6 Å². The third-order valence-corrected chi connectivity index (χ3v) is 7.73. The predicted octanol–water partition coefficient (Wildman–Crippen LogP) is 3.16. The summed E-state index contributed by atoms with van der Waals surface area (Å²) in [6, 6.07) is 16.1. The Hall–Kier alpha value is -1.94. The average molecular weight is 450 g/mol. The zero-order valence-corrected chi connectivity index (χ0v) is 18.9. The lowest BCUT2D eigenvalue weighted by Crippen LogP contribution is -2.47. The molecule has 2 aromatic rings. The van der Waals surface area contributed by atoms with Crippen LogP contribution in [0.15, 0.2) is 59.5 Å². The summed E-state index contributed by atoms with van der Waals surface area (Å²) in [5.74, 6) is 0. The van der Waals surface area contributed by atoms with Crippen molar-refractivity contribution in [3.05, 3.63) is 70.9 Å². The maximum Gasteiger partial charge on any atom is 0.254 e. The summed E-state index contributed by atoms with van der Waals surface area (Å²) >= 11 is 7.07. The Morgan fingerprint density at radius 1 is 1.21 bits per heavy atom. The maximum atomic E-state index is 13.1. The van der Waals surface area contributed by atoms with Crippen LogP contribution in [0.1, 0.15) is 25.0 Å². The van der Waals surface area contributed by atoms with Gasteiger partial charge in [0.05, 0.1) is 11.4 Å². The molecule has 0 aliphatic carbocycles. The van der Waals surface area contributed by atoms with Crippen molar-refractivity contribution >= 4 is 44.5 Å². The fourth-order valence-electron chi connectivity index (χ4n) is 3.25. The van der Waals surface area contributed by atoms with Gasteiger partial charge in [0.25, 0.3) is 6.17 Å². The second kappa shape index (κ2) is 8.43. The van der Waals surface area contributed by atoms with E-state index in [-0.39, 0.29) is 4.90 Å². The van der Waals surface area contributed by atoms with Crippen molar-refractivity contribution < 1.29 is 13.2 Å². The molecular formula is C20H23N3O3S3. The van der Waals surface area contributed by atoms with Crippen molar-refractivity contribution in [1.29, 1.82) is 0 Å². The van der Waals surface area contributed by atoms with Crippen molar-refractivity contribution in [2.75, 3.05) is 7.05 Å². The average Bonchev–Trinajstić information content (AvgIpc) is 2.91. The molecule has 1 aliphatic rings. The number of nitrogens with one attached hydrogen (secondary N) is 1. The van der Waals surface area contributed by atoms with Crippen LogP contribution in [0, 0.1) is 5.21 Å². The third kappa shape index (κ3) is 4.80. The van der Waals surface area contributed by atoms with E-state index in [0.29, 0.717) is 16.4 Å². The summed E-state index contributed by atoms with van der Waals surface area (Å²) in [6.45, 7) is 4.55. The van der Waals surface area contributed by atoms with Gasteiger partial charge in [0.15, 0.2) is 6.21 Å². The number of sulfonamides is 1. The lowest BCUT2D eigenvalue weighted by atomic mass is 10.1. The Morgan fingerprint density at radius 3 is 2.41 bits per heavy atom. The first-order chi connectivity index (χ1) is 13.6. The molecule has 1 atom stereocenters. The number of benzene rings is 2. The molecule has 2 aromatic carbocycles. The molecule has 3 rings (SSSR count). The van der Waals surface area contributed by atoms with Crippen molar-refractivity contribution in [3.63, 3.8) is 0 Å². The van der Waals surface area contributed by atoms with Crippen LogP contribution in [0.3, 0.4) is 0 Å². The van der Waals surface area contributed by atoms with E-state index in [1.165, 1.54) is 37.2 Å². The topological polar surface area (TPSA) is 75.5 Å². The van der Waals surface area contributed by atoms with Crippen molar-refractivity contribution in [2.24, 2.45) is 0 Å². The first-order valence-corrected chi connectivity index (χ1v) is 11.7. The highest BCUT2D eigenvalue weighted by molar-refractivity contribution is 8.24. The van der Waals surface area contributed by atoms with Gasteiger partial charge in [-0.3, -0.25) is 4.90 Å². The molecule has 0 aromatic heterocycles. The molecule has 0 unspecified atom stereocenters. The highest BCUT2D eigenvalue weighted by atomic mass is 32.2. The Balaban J connectivity index is 1.89. The van der Waals surface area contributed by atoms with Crippen LogP contribution in [0.5, 0.6) is 0 Å². The second-order valence-corrected chi connectivity index (χ2v) is 11.4. The van der Waals surface area contributed by atoms with Crippen LogP contribution in [-0.4, -0.2) is 46.6 Å². The molecule has 0 spiro atoms. The smallest absolute Gasteiger partial charge is 0.254 e. The Morgan fingerprint density at radius 2 is 1.83 bits per heavy atom. The Labute approximate surface area is 181 Å². The van der Waals surface area contributed by atoms with Crippen molar-refractivity contribution in [3.8, 4) is 0 Å². The van der Waals surface area contributed by atoms with Gasteiger partial charge >= 0.3 is 0 Å². The van der Waals surface area contributed by atoms with Crippen molar-refractivity contribution in [1.82, 2.24) is 9.62 Å². The number of rotatable bonds is 6. The van der Waals surface area contributed by atoms with Crippen LogP contribution in [0.4, 0.5) is 0 Å². The van der Waals surface area contributed by atoms with Gasteiger partial charge in [-0.2, -0.15) is 4.74 Å². The largest absolute Gasteiger partial charge is 0.622 e. The molecule has 1 aliphatic heterocycles. The SMILES string of the molecule is CNS(=O)(=O)c1ccc(/C=[N+](\[O-])[C@H]2N(Cc3ccccc3)C(=S)SC2(C)C)cc1. The Bertz CT molecular complexity index is 1020. The number of hydroxylamine groups is 1. The van der Waals surface area contributed by atoms with Gasteiger partial charge < -0.3 is 5.21 Å². The highest BCUT2D eigenvalue weighted by Crippen LogP contribution is 2.42. The van der Waals surface area contributed by atoms with E-state index in [2.05, 4.69) is 4.72 Å². The maximum absolute atomic E-state index is 13.1. The van der Waals surface area contributed by atoms with Crippen LogP contribution in [-0.2, 0) is 16.6 Å². The van der Waals surface area contributed by atoms with Crippen LogP contribution in [0.2, 0.25) is 0 Å². The fourth-order valence-corrected chi connectivity index (χ4v) is 5.86. The van der Waals surface area contributed by atoms with Crippen LogP contribution in [0.25, 0.3) is 0 Å². The molecule has 0 radical (unpaired) electrons. The van der Waals surface area contributed by atoms with E-state index in [4.69, 9.17) is 12.2 Å². The summed E-state index contributed by atoms with van der Waals surface area (Å²) < 4.78 is 27.2. The van der Waals surface area contributed by atoms with Gasteiger partial charge in [0.2, 0.25) is 10.0 Å². The molecule has 154 valence electrons. The van der Waals surface area contributed by atoms with Gasteiger partial charge in [-0.25, -0.2) is 13.1 Å². The first-order valence-electron chi connectivity index (χ1n) is 9.01. The molecule has 9 heteroatoms. The molecular weight excluding hydrogens is 426 g/mol. The third-order valence-electron chi connectivity index (χ3n) is 4.67. The first kappa shape index (κ1) is 21.8. The van der Waals surface area contributed by atoms with Gasteiger partial charge in [0, 0.05) is 5.56 Å². The molecule has 29 heavy (non-hydrogen) atoms. The molecule has 1 N–H and O–H groups in total. The molecule has 0 bridgehead atoms. The zero-order valence-electron chi connectivity index (χ0n) is 16.4. The monoisotopic (exact) mass is 449 g/mol. The molecule has 1 saturated heterocycles. The summed E-state index contributed by atoms with van der Waals surface area (Å²) in [5.41, 5.74) is 1.70. The summed E-state index contributed by atoms with van der Waals surface area (Å²) in [6.07, 6.45) is 0.996. The van der Waals surface area contributed by atoms with Crippen LogP contribution >= 0.6 is 24.0 Å². The van der Waals surface area contributed by atoms with Crippen LogP contribution < -0.4 is 4.72 Å². The van der Waals surface area contributed by atoms with E-state index < -0.39 is 20.9 Å². The summed E-state index contributed by atoms with van der Waals surface area (Å²) in [4.78, 5) is 2.09. The molecule has 0 amide bonds. The van der Waals surface area contributed by atoms with Gasteiger partial charge in [-0.15, -0.1) is 0 Å². The lowest BCUT2D eigenvalue weighted by Gasteiger charge is -2.29. The number of thioether (sulfide) groups is 1. The van der Waals surface area contributed by atoms with Gasteiger partial charge in [-0.05, 0) is 50.7 Å². The molecule has 1 heterocycles. The minimum atomic E-state index is -3.51. The predicted molar refractivity (Wildman–Crippen MR) is 122 cm³/mol. The normalized spacial score (nSPS) is 19.6. The van der Waals surface area contributed by atoms with E-state index in [0.717, 1.165) is 10.3 Å². The van der Waals surface area contributed by atoms with Crippen molar-refractivity contribution in [2.45, 2.75) is 36.2 Å². The Kier molecular flexibility index (Phi) is 6.33. The summed E-state index contributed by atoms with van der Waals surface area (Å²) in [5, 5.41) is 13.1. The van der Waals surface area contributed by atoms with E-state index >= 15 is 0 Å². The standard InChI is InChI=1S/C20H23N3O3S3/c1-20(2)18(22(19(27)28-20)13-15-7-5-4-6-8-15)23(24)14-16-9-11-17(12-10-16)29(25,26)21-3/h4-12,14,18,21H,13H2,1-3H3/b23-14-/t18-/m1/s1. The fraction of sp³-hybridized carbons (Fsp3) is 0.300. The lowest BCUT2D eigenvalue weighted by molar-refractivity contribution is -0.524. The van der Waals surface area contributed by atoms with E-state index in [1.54, 1.807) is 12.1 Å². The quantitative estimate of drug-likeness (QED) is 0.240. The number of hydrogen-bond donors (Lipinski definition) is 1. The second-order valence-electron chi connectivity index (χ2n) is 7.22. The minimum Gasteiger partial charge on any atom is -0.622 e. The molecule has 6 nitrogen and oxygen atoms in total. The minimum absolute atomic E-state index is 0.151. The van der Waals surface area contributed by atoms with E-state index in [1.807, 2.05) is 49.1 Å². The molecule has 1 fully saturated rings.